The van der Waals surface area contributed by atoms with Crippen molar-refractivity contribution < 1.29 is 9.53 Å². The molecule has 0 radical (unpaired) electrons. The van der Waals surface area contributed by atoms with E-state index in [9.17, 15) is 9.59 Å². The van der Waals surface area contributed by atoms with Gasteiger partial charge >= 0.3 is 0 Å². The minimum absolute atomic E-state index is 0.149. The van der Waals surface area contributed by atoms with E-state index in [1.807, 2.05) is 19.1 Å². The van der Waals surface area contributed by atoms with Gasteiger partial charge in [-0.1, -0.05) is 31.2 Å². The molecule has 1 aromatic heterocycles. The van der Waals surface area contributed by atoms with Gasteiger partial charge in [-0.2, -0.15) is 5.10 Å². The highest BCUT2D eigenvalue weighted by molar-refractivity contribution is 5.92. The summed E-state index contributed by atoms with van der Waals surface area (Å²) < 4.78 is 6.18. The van der Waals surface area contributed by atoms with Crippen molar-refractivity contribution in [1.82, 2.24) is 15.1 Å². The van der Waals surface area contributed by atoms with Gasteiger partial charge in [-0.15, -0.1) is 0 Å². The molecule has 0 bridgehead atoms. The quantitative estimate of drug-likeness (QED) is 0.842. The Labute approximate surface area is 141 Å². The average Bonchev–Trinajstić information content (AvgIpc) is 2.61. The summed E-state index contributed by atoms with van der Waals surface area (Å²) in [5, 5.41) is 7.00. The monoisotopic (exact) mass is 329 g/mol. The third kappa shape index (κ3) is 4.52. The minimum atomic E-state index is -0.312. The second-order valence-corrected chi connectivity index (χ2v) is 5.56. The fourth-order valence-corrected chi connectivity index (χ4v) is 2.30. The second kappa shape index (κ2) is 8.40. The molecule has 1 amide bonds. The van der Waals surface area contributed by atoms with E-state index in [1.54, 1.807) is 7.11 Å². The first-order valence-electron chi connectivity index (χ1n) is 8.02. The van der Waals surface area contributed by atoms with Crippen LogP contribution in [0, 0.1) is 0 Å². The Bertz CT molecular complexity index is 738. The molecule has 0 aliphatic rings. The molecular weight excluding hydrogens is 306 g/mol. The molecule has 1 heterocycles. The number of aromatic nitrogens is 2. The number of hydrogen-bond donors (Lipinski definition) is 1. The predicted octanol–water partition coefficient (Wildman–Crippen LogP) is 1.94. The number of ether oxygens (including phenoxy) is 1. The van der Waals surface area contributed by atoms with Crippen molar-refractivity contribution in [2.24, 2.45) is 0 Å². The number of hydrogen-bond acceptors (Lipinski definition) is 4. The molecule has 1 atom stereocenters. The Morgan fingerprint density at radius 3 is 2.58 bits per heavy atom. The number of amides is 1. The Balaban J connectivity index is 2.09. The van der Waals surface area contributed by atoms with E-state index >= 15 is 0 Å². The van der Waals surface area contributed by atoms with Crippen LogP contribution in [0.4, 0.5) is 0 Å². The molecule has 0 saturated carbocycles. The highest BCUT2D eigenvalue weighted by Gasteiger charge is 2.14. The van der Waals surface area contributed by atoms with Crippen molar-refractivity contribution in [2.75, 3.05) is 13.7 Å². The van der Waals surface area contributed by atoms with E-state index in [-0.39, 0.29) is 23.2 Å². The lowest BCUT2D eigenvalue weighted by atomic mass is 10.0. The van der Waals surface area contributed by atoms with E-state index in [1.165, 1.54) is 22.4 Å². The van der Waals surface area contributed by atoms with Crippen LogP contribution in [0.5, 0.6) is 0 Å². The third-order valence-corrected chi connectivity index (χ3v) is 3.84. The van der Waals surface area contributed by atoms with Crippen LogP contribution >= 0.6 is 0 Å². The molecule has 1 unspecified atom stereocenters. The molecule has 128 valence electrons. The van der Waals surface area contributed by atoms with Crippen LogP contribution in [0.2, 0.25) is 0 Å². The van der Waals surface area contributed by atoms with E-state index in [4.69, 9.17) is 4.74 Å². The topological polar surface area (TPSA) is 73.2 Å². The molecule has 0 fully saturated rings. The summed E-state index contributed by atoms with van der Waals surface area (Å²) in [5.74, 6) is -0.312. The highest BCUT2D eigenvalue weighted by Crippen LogP contribution is 2.14. The largest absolute Gasteiger partial charge is 0.383 e. The zero-order valence-electron chi connectivity index (χ0n) is 14.3. The number of benzene rings is 1. The standard InChI is InChI=1S/C18H23N3O3/c1-4-14-5-7-15(8-6-14)13(2)19-18(23)16-9-10-17(22)21(20-16)11-12-24-3/h5-10,13H,4,11-12H2,1-3H3,(H,19,23). The van der Waals surface area contributed by atoms with Crippen LogP contribution < -0.4 is 10.9 Å². The first kappa shape index (κ1) is 17.9. The van der Waals surface area contributed by atoms with E-state index in [2.05, 4.69) is 29.5 Å². The lowest BCUT2D eigenvalue weighted by Crippen LogP contribution is -2.31. The van der Waals surface area contributed by atoms with Gasteiger partial charge in [-0.05, 0) is 30.5 Å². The fraction of sp³-hybridized carbons (Fsp3) is 0.389. The SMILES string of the molecule is CCc1ccc(C(C)NC(=O)c2ccc(=O)n(CCOC)n2)cc1. The van der Waals surface area contributed by atoms with Crippen molar-refractivity contribution in [2.45, 2.75) is 32.9 Å². The number of rotatable bonds is 7. The summed E-state index contributed by atoms with van der Waals surface area (Å²) in [6, 6.07) is 10.8. The van der Waals surface area contributed by atoms with Gasteiger partial charge in [-0.3, -0.25) is 9.59 Å². The summed E-state index contributed by atoms with van der Waals surface area (Å²) >= 11 is 0. The molecule has 2 aromatic rings. The highest BCUT2D eigenvalue weighted by atomic mass is 16.5. The summed E-state index contributed by atoms with van der Waals surface area (Å²) in [6.07, 6.45) is 0.980. The molecule has 0 saturated heterocycles. The van der Waals surface area contributed by atoms with Crippen LogP contribution in [-0.4, -0.2) is 29.4 Å². The molecule has 1 N–H and O–H groups in total. The zero-order chi connectivity index (χ0) is 17.5. The smallest absolute Gasteiger partial charge is 0.272 e. The molecule has 0 spiro atoms. The number of nitrogens with one attached hydrogen (secondary N) is 1. The summed E-state index contributed by atoms with van der Waals surface area (Å²) in [7, 11) is 1.55. The number of carbonyl (C=O) groups is 1. The van der Waals surface area contributed by atoms with Gasteiger partial charge in [0, 0.05) is 13.2 Å². The molecular formula is C18H23N3O3. The molecule has 2 rings (SSSR count). The first-order chi connectivity index (χ1) is 11.5. The van der Waals surface area contributed by atoms with Crippen LogP contribution in [0.15, 0.2) is 41.2 Å². The number of carbonyl (C=O) groups excluding carboxylic acids is 1. The van der Waals surface area contributed by atoms with E-state index < -0.39 is 0 Å². The maximum atomic E-state index is 12.4. The number of methoxy groups -OCH3 is 1. The maximum absolute atomic E-state index is 12.4. The van der Waals surface area contributed by atoms with Crippen molar-refractivity contribution in [3.8, 4) is 0 Å². The van der Waals surface area contributed by atoms with Gasteiger partial charge in [0.2, 0.25) is 0 Å². The first-order valence-corrected chi connectivity index (χ1v) is 8.02. The van der Waals surface area contributed by atoms with Crippen LogP contribution in [0.25, 0.3) is 0 Å². The molecule has 24 heavy (non-hydrogen) atoms. The minimum Gasteiger partial charge on any atom is -0.383 e. The molecule has 6 heteroatoms. The zero-order valence-corrected chi connectivity index (χ0v) is 14.3. The van der Waals surface area contributed by atoms with Gasteiger partial charge in [0.15, 0.2) is 0 Å². The summed E-state index contributed by atoms with van der Waals surface area (Å²) in [4.78, 5) is 24.1. The van der Waals surface area contributed by atoms with Crippen molar-refractivity contribution in [3.63, 3.8) is 0 Å². The maximum Gasteiger partial charge on any atom is 0.272 e. The van der Waals surface area contributed by atoms with Crippen molar-refractivity contribution >= 4 is 5.91 Å². The molecule has 0 aliphatic carbocycles. The Morgan fingerprint density at radius 1 is 1.25 bits per heavy atom. The predicted molar refractivity (Wildman–Crippen MR) is 92.1 cm³/mol. The fourth-order valence-electron chi connectivity index (χ4n) is 2.30. The van der Waals surface area contributed by atoms with Crippen LogP contribution in [0.1, 0.15) is 41.5 Å². The van der Waals surface area contributed by atoms with Gasteiger partial charge in [0.1, 0.15) is 5.69 Å². The van der Waals surface area contributed by atoms with Gasteiger partial charge < -0.3 is 10.1 Å². The Hall–Kier alpha value is -2.47. The normalized spacial score (nSPS) is 12.0. The molecule has 1 aromatic carbocycles. The molecule has 6 nitrogen and oxygen atoms in total. The summed E-state index contributed by atoms with van der Waals surface area (Å²) in [5.41, 5.74) is 2.23. The van der Waals surface area contributed by atoms with Crippen LogP contribution in [-0.2, 0) is 17.7 Å². The van der Waals surface area contributed by atoms with Gasteiger partial charge in [-0.25, -0.2) is 4.68 Å². The van der Waals surface area contributed by atoms with E-state index in [0.717, 1.165) is 12.0 Å². The van der Waals surface area contributed by atoms with Crippen LogP contribution in [0.3, 0.4) is 0 Å². The second-order valence-electron chi connectivity index (χ2n) is 5.56. The van der Waals surface area contributed by atoms with Gasteiger partial charge in [0.05, 0.1) is 19.2 Å². The lowest BCUT2D eigenvalue weighted by molar-refractivity contribution is 0.0931. The third-order valence-electron chi connectivity index (χ3n) is 3.84. The molecule has 0 aliphatic heterocycles. The summed E-state index contributed by atoms with van der Waals surface area (Å²) in [6.45, 7) is 4.69. The Kier molecular flexibility index (Phi) is 6.26. The Morgan fingerprint density at radius 2 is 1.96 bits per heavy atom. The number of nitrogens with zero attached hydrogens (tertiary/aromatic N) is 2. The van der Waals surface area contributed by atoms with Crippen molar-refractivity contribution in [3.05, 3.63) is 63.6 Å². The number of aryl methyl sites for hydroxylation is 1. The van der Waals surface area contributed by atoms with Crippen molar-refractivity contribution in [1.29, 1.82) is 0 Å². The average molecular weight is 329 g/mol. The van der Waals surface area contributed by atoms with Gasteiger partial charge in [0.25, 0.3) is 11.5 Å². The van der Waals surface area contributed by atoms with E-state index in [0.29, 0.717) is 13.2 Å². The lowest BCUT2D eigenvalue weighted by Gasteiger charge is -2.15.